The van der Waals surface area contributed by atoms with Crippen LogP contribution >= 0.6 is 0 Å². The van der Waals surface area contributed by atoms with Crippen LogP contribution in [0.15, 0.2) is 12.1 Å². The lowest BCUT2D eigenvalue weighted by Crippen LogP contribution is -2.38. The molecule has 1 aliphatic heterocycles. The highest BCUT2D eigenvalue weighted by molar-refractivity contribution is 6.00. The fraction of sp³-hybridized carbons (Fsp3) is 0.429. The van der Waals surface area contributed by atoms with Crippen LogP contribution in [-0.4, -0.2) is 23.1 Å². The van der Waals surface area contributed by atoms with Crippen molar-refractivity contribution in [2.45, 2.75) is 33.2 Å². The van der Waals surface area contributed by atoms with Gasteiger partial charge in [0, 0.05) is 19.5 Å². The lowest BCUT2D eigenvalue weighted by molar-refractivity contribution is -0.139. The number of piperidine rings is 1. The molecule has 2 rings (SSSR count). The minimum Gasteiger partial charge on any atom is -0.338 e. The van der Waals surface area contributed by atoms with Crippen LogP contribution in [0.25, 0.3) is 0 Å². The molecule has 1 fully saturated rings. The van der Waals surface area contributed by atoms with E-state index in [1.807, 2.05) is 0 Å². The van der Waals surface area contributed by atoms with Gasteiger partial charge in [-0.3, -0.25) is 9.59 Å². The van der Waals surface area contributed by atoms with E-state index in [9.17, 15) is 14.0 Å². The van der Waals surface area contributed by atoms with Gasteiger partial charge < -0.3 is 4.90 Å². The number of halogens is 1. The number of likely N-dealkylation sites (tertiary alicyclic amines) is 1. The Balaban J connectivity index is 2.14. The normalized spacial score (nSPS) is 16.3. The molecule has 3 nitrogen and oxygen atoms in total. The van der Waals surface area contributed by atoms with Gasteiger partial charge in [0.1, 0.15) is 11.6 Å². The highest BCUT2D eigenvalue weighted by Crippen LogP contribution is 2.18. The molecule has 0 bridgehead atoms. The molecule has 0 radical (unpaired) electrons. The highest BCUT2D eigenvalue weighted by atomic mass is 19.1. The van der Waals surface area contributed by atoms with E-state index in [0.717, 1.165) is 5.56 Å². The van der Waals surface area contributed by atoms with E-state index in [2.05, 4.69) is 0 Å². The minimum absolute atomic E-state index is 0.000834. The van der Waals surface area contributed by atoms with E-state index >= 15 is 0 Å². The summed E-state index contributed by atoms with van der Waals surface area (Å²) in [5.41, 5.74) is 2.09. The molecule has 1 saturated heterocycles. The smallest absolute Gasteiger partial charge is 0.230 e. The summed E-state index contributed by atoms with van der Waals surface area (Å²) in [6.07, 6.45) is 0.421. The Labute approximate surface area is 106 Å². The van der Waals surface area contributed by atoms with Gasteiger partial charge in [0.05, 0.1) is 6.42 Å². The summed E-state index contributed by atoms with van der Waals surface area (Å²) in [6.45, 7) is 4.35. The molecule has 0 spiro atoms. The number of hydrogen-bond acceptors (Lipinski definition) is 2. The van der Waals surface area contributed by atoms with Gasteiger partial charge in [0.25, 0.3) is 0 Å². The average molecular weight is 249 g/mol. The molecule has 0 atom stereocenters. The first kappa shape index (κ1) is 12.7. The van der Waals surface area contributed by atoms with E-state index in [1.54, 1.807) is 30.9 Å². The van der Waals surface area contributed by atoms with Crippen molar-refractivity contribution in [2.75, 3.05) is 6.54 Å². The zero-order chi connectivity index (χ0) is 13.3. The highest BCUT2D eigenvalue weighted by Gasteiger charge is 2.23. The second-order valence-corrected chi connectivity index (χ2v) is 4.82. The fourth-order valence-electron chi connectivity index (χ4n) is 2.27. The molecule has 4 heteroatoms. The third kappa shape index (κ3) is 2.58. The van der Waals surface area contributed by atoms with E-state index in [-0.39, 0.29) is 23.9 Å². The Morgan fingerprint density at radius 2 is 1.83 bits per heavy atom. The van der Waals surface area contributed by atoms with Crippen molar-refractivity contribution in [3.63, 3.8) is 0 Å². The lowest BCUT2D eigenvalue weighted by Gasteiger charge is -2.26. The maximum atomic E-state index is 13.5. The van der Waals surface area contributed by atoms with Gasteiger partial charge in [-0.1, -0.05) is 12.1 Å². The quantitative estimate of drug-likeness (QED) is 0.753. The SMILES string of the molecule is Cc1cc(CN2CCC(=O)CC2=O)cc(C)c1F. The topological polar surface area (TPSA) is 37.4 Å². The zero-order valence-corrected chi connectivity index (χ0v) is 10.6. The number of carbonyl (C=O) groups excluding carboxylic acids is 2. The summed E-state index contributed by atoms with van der Waals surface area (Å²) in [4.78, 5) is 24.5. The maximum Gasteiger partial charge on any atom is 0.230 e. The standard InChI is InChI=1S/C14H16FNO2/c1-9-5-11(6-10(2)14(9)15)8-16-4-3-12(17)7-13(16)18/h5-6H,3-4,7-8H2,1-2H3. The largest absolute Gasteiger partial charge is 0.338 e. The molecule has 0 aliphatic carbocycles. The molecule has 0 unspecified atom stereocenters. The summed E-state index contributed by atoms with van der Waals surface area (Å²) < 4.78 is 13.5. The van der Waals surface area contributed by atoms with Crippen molar-refractivity contribution in [1.29, 1.82) is 0 Å². The van der Waals surface area contributed by atoms with Crippen LogP contribution in [0, 0.1) is 19.7 Å². The molecule has 1 aromatic rings. The monoisotopic (exact) mass is 249 g/mol. The van der Waals surface area contributed by atoms with Gasteiger partial charge in [-0.2, -0.15) is 0 Å². The Kier molecular flexibility index (Phi) is 3.45. The second kappa shape index (κ2) is 4.88. The molecule has 96 valence electrons. The lowest BCUT2D eigenvalue weighted by atomic mass is 10.0. The summed E-state index contributed by atoms with van der Waals surface area (Å²) in [5.74, 6) is -0.326. The number of benzene rings is 1. The van der Waals surface area contributed by atoms with Crippen molar-refractivity contribution < 1.29 is 14.0 Å². The van der Waals surface area contributed by atoms with Crippen LogP contribution in [0.2, 0.25) is 0 Å². The molecule has 1 amide bonds. The maximum absolute atomic E-state index is 13.5. The molecular formula is C14H16FNO2. The number of Topliss-reactive ketones (excluding diaryl/α,β-unsaturated/α-hetero) is 1. The van der Waals surface area contributed by atoms with Gasteiger partial charge in [-0.15, -0.1) is 0 Å². The molecule has 1 aromatic carbocycles. The Morgan fingerprint density at radius 1 is 1.22 bits per heavy atom. The average Bonchev–Trinajstić information content (AvgIpc) is 2.29. The van der Waals surface area contributed by atoms with Crippen molar-refractivity contribution in [1.82, 2.24) is 4.90 Å². The fourth-order valence-corrected chi connectivity index (χ4v) is 2.27. The van der Waals surface area contributed by atoms with Gasteiger partial charge in [0.2, 0.25) is 5.91 Å². The molecule has 1 heterocycles. The van der Waals surface area contributed by atoms with Crippen LogP contribution < -0.4 is 0 Å². The summed E-state index contributed by atoms with van der Waals surface area (Å²) in [5, 5.41) is 0. The van der Waals surface area contributed by atoms with Gasteiger partial charge >= 0.3 is 0 Å². The number of nitrogens with zero attached hydrogens (tertiary/aromatic N) is 1. The number of amides is 1. The van der Waals surface area contributed by atoms with Crippen LogP contribution in [0.5, 0.6) is 0 Å². The zero-order valence-electron chi connectivity index (χ0n) is 10.6. The summed E-state index contributed by atoms with van der Waals surface area (Å²) in [7, 11) is 0. The first-order valence-electron chi connectivity index (χ1n) is 6.02. The molecule has 0 aromatic heterocycles. The van der Waals surface area contributed by atoms with E-state index in [4.69, 9.17) is 0 Å². The summed E-state index contributed by atoms with van der Waals surface area (Å²) in [6, 6.07) is 3.51. The van der Waals surface area contributed by atoms with Gasteiger partial charge in [0.15, 0.2) is 0 Å². The number of ketones is 1. The Hall–Kier alpha value is -1.71. The first-order chi connectivity index (χ1) is 8.47. The number of carbonyl (C=O) groups is 2. The van der Waals surface area contributed by atoms with Gasteiger partial charge in [-0.05, 0) is 30.5 Å². The molecule has 18 heavy (non-hydrogen) atoms. The van der Waals surface area contributed by atoms with Crippen molar-refractivity contribution in [3.05, 3.63) is 34.6 Å². The molecule has 0 N–H and O–H groups in total. The van der Waals surface area contributed by atoms with Crippen LogP contribution in [0.4, 0.5) is 4.39 Å². The minimum atomic E-state index is -0.195. The summed E-state index contributed by atoms with van der Waals surface area (Å²) >= 11 is 0. The van der Waals surface area contributed by atoms with Gasteiger partial charge in [-0.25, -0.2) is 4.39 Å². The van der Waals surface area contributed by atoms with E-state index in [0.29, 0.717) is 30.6 Å². The number of aryl methyl sites for hydroxylation is 2. The van der Waals surface area contributed by atoms with Crippen molar-refractivity contribution in [2.24, 2.45) is 0 Å². The van der Waals surface area contributed by atoms with Crippen molar-refractivity contribution >= 4 is 11.7 Å². The predicted molar refractivity (Wildman–Crippen MR) is 65.5 cm³/mol. The third-order valence-electron chi connectivity index (χ3n) is 3.23. The molecule has 0 saturated carbocycles. The van der Waals surface area contributed by atoms with Crippen molar-refractivity contribution in [3.8, 4) is 0 Å². The Morgan fingerprint density at radius 3 is 2.39 bits per heavy atom. The molecular weight excluding hydrogens is 233 g/mol. The van der Waals surface area contributed by atoms with Crippen LogP contribution in [-0.2, 0) is 16.1 Å². The van der Waals surface area contributed by atoms with E-state index in [1.165, 1.54) is 0 Å². The second-order valence-electron chi connectivity index (χ2n) is 4.82. The van der Waals surface area contributed by atoms with Crippen LogP contribution in [0.1, 0.15) is 29.5 Å². The molecule has 1 aliphatic rings. The first-order valence-corrected chi connectivity index (χ1v) is 6.02. The van der Waals surface area contributed by atoms with E-state index < -0.39 is 0 Å². The predicted octanol–water partition coefficient (Wildman–Crippen LogP) is 2.13. The Bertz CT molecular complexity index is 488. The van der Waals surface area contributed by atoms with Crippen LogP contribution in [0.3, 0.4) is 0 Å². The third-order valence-corrected chi connectivity index (χ3v) is 3.23. The number of hydrogen-bond donors (Lipinski definition) is 0. The number of rotatable bonds is 2.